The Labute approximate surface area is 249 Å². The molecule has 0 aliphatic carbocycles. The lowest BCUT2D eigenvalue weighted by atomic mass is 10.2. The molecule has 1 saturated heterocycles. The van der Waals surface area contributed by atoms with Crippen LogP contribution in [0.25, 0.3) is 17.2 Å². The number of rotatable bonds is 7. The van der Waals surface area contributed by atoms with E-state index in [4.69, 9.17) is 16.3 Å². The summed E-state index contributed by atoms with van der Waals surface area (Å²) in [5.74, 6) is 0.112. The van der Waals surface area contributed by atoms with E-state index in [2.05, 4.69) is 25.7 Å². The number of alkyl halides is 3. The monoisotopic (exact) mass is 626 g/mol. The first-order valence-electron chi connectivity index (χ1n) is 12.8. The molecular weight excluding hydrogens is 600 g/mol. The maximum Gasteiger partial charge on any atom is 0.416 e. The summed E-state index contributed by atoms with van der Waals surface area (Å²) in [5, 5.41) is 10.1. The van der Waals surface area contributed by atoms with Crippen LogP contribution < -0.4 is 25.8 Å². The zero-order valence-corrected chi connectivity index (χ0v) is 24.1. The molecule has 16 heteroatoms. The number of aromatic nitrogens is 5. The van der Waals surface area contributed by atoms with Crippen molar-refractivity contribution in [1.82, 2.24) is 29.5 Å². The number of anilines is 2. The molecule has 3 aromatic heterocycles. The van der Waals surface area contributed by atoms with Crippen molar-refractivity contribution >= 4 is 47.1 Å². The van der Waals surface area contributed by atoms with Crippen LogP contribution in [0.5, 0.6) is 5.88 Å². The number of benzene rings is 1. The van der Waals surface area contributed by atoms with Gasteiger partial charge in [-0.3, -0.25) is 9.59 Å². The molecule has 1 amide bonds. The van der Waals surface area contributed by atoms with Gasteiger partial charge in [-0.25, -0.2) is 4.98 Å². The number of pyridine rings is 1. The number of nitrogens with one attached hydrogen (secondary N) is 2. The number of carbonyl (C=O) groups excluding carboxylic acids is 1. The second kappa shape index (κ2) is 12.5. The van der Waals surface area contributed by atoms with Crippen molar-refractivity contribution in [3.8, 4) is 17.3 Å². The van der Waals surface area contributed by atoms with Crippen molar-refractivity contribution in [2.45, 2.75) is 26.1 Å². The molecule has 4 aromatic rings. The van der Waals surface area contributed by atoms with Gasteiger partial charge >= 0.3 is 6.18 Å². The second-order valence-electron chi connectivity index (χ2n) is 9.25. The van der Waals surface area contributed by atoms with E-state index < -0.39 is 17.6 Å². The molecule has 1 aromatic carbocycles. The molecule has 42 heavy (non-hydrogen) atoms. The van der Waals surface area contributed by atoms with Crippen LogP contribution in [0.3, 0.4) is 0 Å². The molecule has 224 valence electrons. The Morgan fingerprint density at radius 1 is 1.19 bits per heavy atom. The maximum absolute atomic E-state index is 13.8. The number of nitrogens with zero attached hydrogens (tertiary/aromatic N) is 6. The van der Waals surface area contributed by atoms with Crippen LogP contribution in [0.15, 0.2) is 41.3 Å². The molecule has 1 aliphatic rings. The Morgan fingerprint density at radius 2 is 1.93 bits per heavy atom. The molecule has 0 bridgehead atoms. The smallest absolute Gasteiger partial charge is 0.416 e. The summed E-state index contributed by atoms with van der Waals surface area (Å²) in [6.45, 7) is 4.05. The van der Waals surface area contributed by atoms with Crippen LogP contribution in [0, 0.1) is 0 Å². The summed E-state index contributed by atoms with van der Waals surface area (Å²) >= 11 is 6.06. The summed E-state index contributed by atoms with van der Waals surface area (Å²) in [6, 6.07) is 5.99. The average molecular weight is 627 g/mol. The lowest BCUT2D eigenvalue weighted by Gasteiger charge is -2.31. The Hall–Kier alpha value is -3.88. The van der Waals surface area contributed by atoms with Crippen LogP contribution in [0.2, 0.25) is 5.02 Å². The number of halogens is 5. The predicted molar refractivity (Wildman–Crippen MR) is 154 cm³/mol. The highest BCUT2D eigenvalue weighted by Gasteiger charge is 2.31. The minimum absolute atomic E-state index is 0. The van der Waals surface area contributed by atoms with E-state index in [9.17, 15) is 22.8 Å². The number of piperazine rings is 1. The highest BCUT2D eigenvalue weighted by molar-refractivity contribution is 6.33. The van der Waals surface area contributed by atoms with Crippen molar-refractivity contribution in [1.29, 1.82) is 0 Å². The molecule has 5 rings (SSSR count). The summed E-state index contributed by atoms with van der Waals surface area (Å²) in [6.07, 6.45) is -2.66. The topological polar surface area (TPSA) is 119 Å². The molecule has 0 atom stereocenters. The van der Waals surface area contributed by atoms with Crippen molar-refractivity contribution in [3.05, 3.63) is 63.2 Å². The third kappa shape index (κ3) is 6.15. The minimum atomic E-state index is -4.58. The molecule has 2 N–H and O–H groups in total. The van der Waals surface area contributed by atoms with Gasteiger partial charge in [-0.05, 0) is 30.7 Å². The summed E-state index contributed by atoms with van der Waals surface area (Å²) in [7, 11) is 1.47. The summed E-state index contributed by atoms with van der Waals surface area (Å²) in [4.78, 5) is 37.7. The first-order chi connectivity index (χ1) is 19.6. The minimum Gasteiger partial charge on any atom is -0.481 e. The first-order valence-corrected chi connectivity index (χ1v) is 13.1. The molecule has 1 aliphatic heterocycles. The highest BCUT2D eigenvalue weighted by Crippen LogP contribution is 2.34. The van der Waals surface area contributed by atoms with E-state index in [-0.39, 0.29) is 46.8 Å². The number of fused-ring (bicyclic) bond motifs is 1. The normalized spacial score (nSPS) is 13.6. The van der Waals surface area contributed by atoms with Gasteiger partial charge in [0.15, 0.2) is 5.82 Å². The van der Waals surface area contributed by atoms with Gasteiger partial charge < -0.3 is 24.8 Å². The van der Waals surface area contributed by atoms with E-state index in [1.807, 2.05) is 11.8 Å². The van der Waals surface area contributed by atoms with E-state index >= 15 is 0 Å². The van der Waals surface area contributed by atoms with E-state index in [1.165, 1.54) is 13.3 Å². The van der Waals surface area contributed by atoms with Crippen molar-refractivity contribution in [2.24, 2.45) is 0 Å². The van der Waals surface area contributed by atoms with Gasteiger partial charge in [-0.2, -0.15) is 22.7 Å². The van der Waals surface area contributed by atoms with Gasteiger partial charge in [-0.15, -0.1) is 17.5 Å². The van der Waals surface area contributed by atoms with Crippen LogP contribution in [0.4, 0.5) is 24.5 Å². The van der Waals surface area contributed by atoms with Gasteiger partial charge in [0.2, 0.25) is 17.6 Å². The standard InChI is InChI=1S/C26H26ClF3N8O3.ClH/c1-3-19-22(36-10-8-31-9-11-36)24(40)38-25(34-23(35-38)15-6-7-32-21(12-15)41-2)37(19)14-20(39)33-18-5-4-16(13-17(18)27)26(28,29)30;/h4-7,12-13,31H,3,8-11,14H2,1-2H3,(H,33,39);1H. The third-order valence-corrected chi connectivity index (χ3v) is 6.98. The van der Waals surface area contributed by atoms with E-state index in [0.717, 1.165) is 22.7 Å². The van der Waals surface area contributed by atoms with Gasteiger partial charge in [0.25, 0.3) is 5.56 Å². The molecule has 11 nitrogen and oxygen atoms in total. The lowest BCUT2D eigenvalue weighted by molar-refractivity contribution is -0.137. The number of hydrogen-bond donors (Lipinski definition) is 2. The van der Waals surface area contributed by atoms with Gasteiger partial charge in [-0.1, -0.05) is 18.5 Å². The number of methoxy groups -OCH3 is 1. The van der Waals surface area contributed by atoms with Gasteiger partial charge in [0.05, 0.1) is 29.1 Å². The Balaban J connectivity index is 0.00000405. The number of amides is 1. The number of ether oxygens (including phenoxy) is 1. The van der Waals surface area contributed by atoms with E-state index in [1.54, 1.807) is 16.7 Å². The maximum atomic E-state index is 13.8. The average Bonchev–Trinajstić information content (AvgIpc) is 3.41. The Morgan fingerprint density at radius 3 is 2.57 bits per heavy atom. The SMILES string of the molecule is CCc1c(N2CCNCC2)c(=O)n2nc(-c3ccnc(OC)c3)nc2n1CC(=O)Nc1ccc(C(F)(F)F)cc1Cl.Cl. The van der Waals surface area contributed by atoms with Crippen molar-refractivity contribution in [2.75, 3.05) is 43.5 Å². The summed E-state index contributed by atoms with van der Waals surface area (Å²) < 4.78 is 47.2. The van der Waals surface area contributed by atoms with Crippen molar-refractivity contribution in [3.63, 3.8) is 0 Å². The molecule has 0 saturated carbocycles. The van der Waals surface area contributed by atoms with Crippen LogP contribution in [-0.2, 0) is 23.9 Å². The van der Waals surface area contributed by atoms with Crippen LogP contribution in [0.1, 0.15) is 18.2 Å². The Kier molecular flexibility index (Phi) is 9.28. The lowest BCUT2D eigenvalue weighted by Crippen LogP contribution is -2.47. The predicted octanol–water partition coefficient (Wildman–Crippen LogP) is 3.67. The number of hydrogen-bond acceptors (Lipinski definition) is 8. The second-order valence-corrected chi connectivity index (χ2v) is 9.66. The van der Waals surface area contributed by atoms with Crippen molar-refractivity contribution < 1.29 is 22.7 Å². The molecule has 1 fully saturated rings. The zero-order valence-electron chi connectivity index (χ0n) is 22.5. The molecular formula is C26H27Cl2F3N8O3. The quantitative estimate of drug-likeness (QED) is 0.319. The summed E-state index contributed by atoms with van der Waals surface area (Å²) in [5.41, 5.74) is 0.249. The van der Waals surface area contributed by atoms with E-state index in [0.29, 0.717) is 55.4 Å². The molecule has 4 heterocycles. The first kappa shape index (κ1) is 31.1. The number of carbonyl (C=O) groups is 1. The highest BCUT2D eigenvalue weighted by atomic mass is 35.5. The molecule has 0 radical (unpaired) electrons. The third-order valence-electron chi connectivity index (χ3n) is 6.67. The fourth-order valence-electron chi connectivity index (χ4n) is 4.73. The van der Waals surface area contributed by atoms with Crippen LogP contribution >= 0.6 is 24.0 Å². The molecule has 0 unspecified atom stereocenters. The molecule has 0 spiro atoms. The van der Waals surface area contributed by atoms with Crippen LogP contribution in [-0.4, -0.2) is 63.3 Å². The van der Waals surface area contributed by atoms with Gasteiger partial charge in [0, 0.05) is 44.0 Å². The van der Waals surface area contributed by atoms with Gasteiger partial charge in [0.1, 0.15) is 12.2 Å². The fourth-order valence-corrected chi connectivity index (χ4v) is 4.95. The Bertz CT molecular complexity index is 1670. The fraction of sp³-hybridized carbons (Fsp3) is 0.346. The largest absolute Gasteiger partial charge is 0.481 e. The zero-order chi connectivity index (χ0) is 29.3.